The third-order valence-corrected chi connectivity index (χ3v) is 4.31. The molecule has 0 aliphatic carbocycles. The zero-order valence-electron chi connectivity index (χ0n) is 12.5. The van der Waals surface area contributed by atoms with Crippen LogP contribution in [-0.4, -0.2) is 4.57 Å². The van der Waals surface area contributed by atoms with E-state index in [9.17, 15) is 0 Å². The second kappa shape index (κ2) is 5.70. The average molecular weight is 265 g/mol. The molecule has 0 fully saturated rings. The van der Waals surface area contributed by atoms with Crippen molar-refractivity contribution in [1.29, 1.82) is 0 Å². The van der Waals surface area contributed by atoms with Gasteiger partial charge in [0, 0.05) is 23.5 Å². The molecular formula is C19H23N. The molecule has 0 saturated carbocycles. The van der Waals surface area contributed by atoms with E-state index in [0.717, 1.165) is 0 Å². The number of aromatic nitrogens is 1. The summed E-state index contributed by atoms with van der Waals surface area (Å²) in [7, 11) is 2.21. The van der Waals surface area contributed by atoms with Gasteiger partial charge in [0.05, 0.1) is 5.52 Å². The minimum absolute atomic E-state index is 1.19. The van der Waals surface area contributed by atoms with Gasteiger partial charge in [-0.25, -0.2) is 0 Å². The molecule has 0 atom stereocenters. The zero-order valence-corrected chi connectivity index (χ0v) is 12.5. The molecule has 0 radical (unpaired) electrons. The van der Waals surface area contributed by atoms with Crippen molar-refractivity contribution in [3.63, 3.8) is 0 Å². The Hall–Kier alpha value is -1.76. The molecule has 0 saturated heterocycles. The van der Waals surface area contributed by atoms with Gasteiger partial charge >= 0.3 is 0 Å². The molecular weight excluding hydrogens is 242 g/mol. The van der Waals surface area contributed by atoms with E-state index in [4.69, 9.17) is 0 Å². The normalized spacial score (nSPS) is 11.5. The van der Waals surface area contributed by atoms with E-state index in [1.165, 1.54) is 59.5 Å². The molecule has 1 heterocycles. The van der Waals surface area contributed by atoms with Crippen LogP contribution in [0, 0.1) is 0 Å². The van der Waals surface area contributed by atoms with E-state index < -0.39 is 0 Å². The molecule has 3 aromatic rings. The van der Waals surface area contributed by atoms with Gasteiger partial charge in [0.2, 0.25) is 0 Å². The maximum absolute atomic E-state index is 2.39. The van der Waals surface area contributed by atoms with Crippen LogP contribution >= 0.6 is 0 Å². The van der Waals surface area contributed by atoms with Crippen LogP contribution in [0.15, 0.2) is 42.5 Å². The van der Waals surface area contributed by atoms with Crippen molar-refractivity contribution in [1.82, 2.24) is 4.57 Å². The number of fused-ring (bicyclic) bond motifs is 3. The molecule has 0 unspecified atom stereocenters. The first-order chi connectivity index (χ1) is 9.81. The topological polar surface area (TPSA) is 4.93 Å². The number of aryl methyl sites for hydroxylation is 2. The van der Waals surface area contributed by atoms with E-state index in [0.29, 0.717) is 0 Å². The molecule has 20 heavy (non-hydrogen) atoms. The van der Waals surface area contributed by atoms with Gasteiger partial charge in [-0.2, -0.15) is 0 Å². The Morgan fingerprint density at radius 2 is 1.70 bits per heavy atom. The van der Waals surface area contributed by atoms with E-state index in [1.807, 2.05) is 0 Å². The summed E-state index contributed by atoms with van der Waals surface area (Å²) in [5, 5.41) is 4.07. The van der Waals surface area contributed by atoms with Crippen molar-refractivity contribution in [3.05, 3.63) is 48.2 Å². The summed E-state index contributed by atoms with van der Waals surface area (Å²) in [6.07, 6.45) is 6.50. The highest BCUT2D eigenvalue weighted by Crippen LogP contribution is 2.28. The summed E-state index contributed by atoms with van der Waals surface area (Å²) in [6.45, 7) is 2.27. The van der Waals surface area contributed by atoms with Gasteiger partial charge in [0.15, 0.2) is 0 Å². The Balaban J connectivity index is 1.99. The molecule has 0 amide bonds. The SMILES string of the molecule is CCCCCCc1cc2ccc3ccccc3c2n1C. The third kappa shape index (κ3) is 2.33. The smallest absolute Gasteiger partial charge is 0.0559 e. The summed E-state index contributed by atoms with van der Waals surface area (Å²) in [6, 6.07) is 15.5. The monoisotopic (exact) mass is 265 g/mol. The Morgan fingerprint density at radius 1 is 0.900 bits per heavy atom. The Kier molecular flexibility index (Phi) is 3.77. The molecule has 1 nitrogen and oxygen atoms in total. The van der Waals surface area contributed by atoms with Gasteiger partial charge in [-0.15, -0.1) is 0 Å². The highest BCUT2D eigenvalue weighted by atomic mass is 14.9. The first kappa shape index (κ1) is 13.2. The lowest BCUT2D eigenvalue weighted by atomic mass is 10.1. The number of nitrogens with zero attached hydrogens (tertiary/aromatic N) is 1. The molecule has 2 aromatic carbocycles. The Morgan fingerprint density at radius 3 is 2.55 bits per heavy atom. The lowest BCUT2D eigenvalue weighted by Gasteiger charge is -2.06. The first-order valence-electron chi connectivity index (χ1n) is 7.77. The van der Waals surface area contributed by atoms with Crippen LogP contribution in [0.25, 0.3) is 21.7 Å². The van der Waals surface area contributed by atoms with Gasteiger partial charge < -0.3 is 4.57 Å². The quantitative estimate of drug-likeness (QED) is 0.540. The molecule has 104 valence electrons. The van der Waals surface area contributed by atoms with Crippen molar-refractivity contribution in [3.8, 4) is 0 Å². The molecule has 0 aliphatic rings. The first-order valence-corrected chi connectivity index (χ1v) is 7.77. The van der Waals surface area contributed by atoms with Crippen molar-refractivity contribution in [2.45, 2.75) is 39.0 Å². The molecule has 1 aromatic heterocycles. The molecule has 1 heteroatoms. The van der Waals surface area contributed by atoms with E-state index in [2.05, 4.69) is 61.0 Å². The molecule has 3 rings (SSSR count). The van der Waals surface area contributed by atoms with E-state index >= 15 is 0 Å². The summed E-state index contributed by atoms with van der Waals surface area (Å²) in [5.74, 6) is 0. The average Bonchev–Trinajstić information content (AvgIpc) is 2.81. The highest BCUT2D eigenvalue weighted by Gasteiger charge is 2.08. The van der Waals surface area contributed by atoms with Crippen LogP contribution in [0.5, 0.6) is 0 Å². The molecule has 0 spiro atoms. The molecule has 0 bridgehead atoms. The summed E-state index contributed by atoms with van der Waals surface area (Å²) in [5.41, 5.74) is 2.85. The second-order valence-corrected chi connectivity index (χ2v) is 5.73. The van der Waals surface area contributed by atoms with Gasteiger partial charge in [0.25, 0.3) is 0 Å². The maximum Gasteiger partial charge on any atom is 0.0559 e. The van der Waals surface area contributed by atoms with Crippen molar-refractivity contribution in [2.24, 2.45) is 7.05 Å². The standard InChI is InChI=1S/C19H23N/c1-3-4-5-6-10-17-14-16-13-12-15-9-7-8-11-18(15)19(16)20(17)2/h7-9,11-14H,3-6,10H2,1-2H3. The van der Waals surface area contributed by atoms with Crippen molar-refractivity contribution >= 4 is 21.7 Å². The highest BCUT2D eigenvalue weighted by molar-refractivity contribution is 6.06. The number of unbranched alkanes of at least 4 members (excludes halogenated alkanes) is 3. The lowest BCUT2D eigenvalue weighted by Crippen LogP contribution is -1.96. The van der Waals surface area contributed by atoms with Gasteiger partial charge in [0.1, 0.15) is 0 Å². The van der Waals surface area contributed by atoms with Gasteiger partial charge in [-0.1, -0.05) is 62.6 Å². The van der Waals surface area contributed by atoms with Gasteiger partial charge in [-0.05, 0) is 24.3 Å². The predicted octanol–water partition coefficient (Wildman–Crippen LogP) is 5.45. The number of hydrogen-bond acceptors (Lipinski definition) is 0. The minimum atomic E-state index is 1.19. The Labute approximate surface area is 121 Å². The summed E-state index contributed by atoms with van der Waals surface area (Å²) >= 11 is 0. The van der Waals surface area contributed by atoms with Crippen LogP contribution < -0.4 is 0 Å². The molecule has 0 N–H and O–H groups in total. The van der Waals surface area contributed by atoms with Crippen LogP contribution in [0.1, 0.15) is 38.3 Å². The number of rotatable bonds is 5. The van der Waals surface area contributed by atoms with Crippen LogP contribution in [-0.2, 0) is 13.5 Å². The van der Waals surface area contributed by atoms with E-state index in [1.54, 1.807) is 0 Å². The second-order valence-electron chi connectivity index (χ2n) is 5.73. The van der Waals surface area contributed by atoms with Crippen LogP contribution in [0.3, 0.4) is 0 Å². The minimum Gasteiger partial charge on any atom is -0.347 e. The number of benzene rings is 2. The Bertz CT molecular complexity index is 721. The summed E-state index contributed by atoms with van der Waals surface area (Å²) < 4.78 is 2.39. The largest absolute Gasteiger partial charge is 0.347 e. The zero-order chi connectivity index (χ0) is 13.9. The lowest BCUT2D eigenvalue weighted by molar-refractivity contribution is 0.651. The van der Waals surface area contributed by atoms with E-state index in [-0.39, 0.29) is 0 Å². The van der Waals surface area contributed by atoms with Crippen molar-refractivity contribution < 1.29 is 0 Å². The maximum atomic E-state index is 2.39. The fourth-order valence-corrected chi connectivity index (χ4v) is 3.16. The van der Waals surface area contributed by atoms with Crippen LogP contribution in [0.4, 0.5) is 0 Å². The summed E-state index contributed by atoms with van der Waals surface area (Å²) in [4.78, 5) is 0. The fourth-order valence-electron chi connectivity index (χ4n) is 3.16. The van der Waals surface area contributed by atoms with Crippen LogP contribution in [0.2, 0.25) is 0 Å². The van der Waals surface area contributed by atoms with Gasteiger partial charge in [-0.3, -0.25) is 0 Å². The number of hydrogen-bond donors (Lipinski definition) is 0. The van der Waals surface area contributed by atoms with Crippen molar-refractivity contribution in [2.75, 3.05) is 0 Å². The third-order valence-electron chi connectivity index (χ3n) is 4.31. The molecule has 0 aliphatic heterocycles. The predicted molar refractivity (Wildman–Crippen MR) is 88.3 cm³/mol. The fraction of sp³-hybridized carbons (Fsp3) is 0.368.